The van der Waals surface area contributed by atoms with Gasteiger partial charge in [-0.05, 0) is 29.8 Å². The summed E-state index contributed by atoms with van der Waals surface area (Å²) in [5, 5.41) is 3.95. The van der Waals surface area contributed by atoms with Crippen molar-refractivity contribution in [3.05, 3.63) is 53.9 Å². The van der Waals surface area contributed by atoms with E-state index in [4.69, 9.17) is 20.7 Å². The molecule has 1 aromatic carbocycles. The maximum atomic E-state index is 11.4. The van der Waals surface area contributed by atoms with Crippen LogP contribution < -0.4 is 9.47 Å². The molecular weight excluding hydrogens is 336 g/mol. The zero-order valence-corrected chi connectivity index (χ0v) is 14.0. The van der Waals surface area contributed by atoms with Crippen LogP contribution in [0, 0.1) is 12.3 Å². The van der Waals surface area contributed by atoms with E-state index in [1.807, 2.05) is 24.3 Å². The van der Waals surface area contributed by atoms with Crippen molar-refractivity contribution in [1.82, 2.24) is 4.98 Å². The van der Waals surface area contributed by atoms with Crippen molar-refractivity contribution in [1.29, 1.82) is 0 Å². The van der Waals surface area contributed by atoms with E-state index in [2.05, 4.69) is 20.8 Å². The summed E-state index contributed by atoms with van der Waals surface area (Å²) in [6.45, 7) is 0.225. The fourth-order valence-electron chi connectivity index (χ4n) is 2.30. The smallest absolute Gasteiger partial charge is 0.356 e. The van der Waals surface area contributed by atoms with Crippen LogP contribution in [0.5, 0.6) is 11.5 Å². The lowest BCUT2D eigenvalue weighted by Gasteiger charge is -2.09. The fourth-order valence-corrected chi connectivity index (χ4v) is 2.30. The van der Waals surface area contributed by atoms with Gasteiger partial charge in [-0.15, -0.1) is 6.42 Å². The number of oxime groups is 1. The molecule has 7 nitrogen and oxygen atoms in total. The lowest BCUT2D eigenvalue weighted by atomic mass is 10.1. The van der Waals surface area contributed by atoms with Gasteiger partial charge in [0.1, 0.15) is 23.8 Å². The number of benzene rings is 1. The van der Waals surface area contributed by atoms with E-state index in [-0.39, 0.29) is 18.4 Å². The summed E-state index contributed by atoms with van der Waals surface area (Å²) in [6.07, 6.45) is 6.83. The molecule has 0 fully saturated rings. The molecule has 1 aliphatic rings. The first-order valence-electron chi connectivity index (χ1n) is 7.80. The Balaban J connectivity index is 1.56. The average molecular weight is 352 g/mol. The topological polar surface area (TPSA) is 79.2 Å². The van der Waals surface area contributed by atoms with Crippen molar-refractivity contribution in [2.24, 2.45) is 5.16 Å². The Bertz CT molecular complexity index is 838. The molecule has 0 bridgehead atoms. The van der Waals surface area contributed by atoms with Crippen LogP contribution in [-0.2, 0) is 9.57 Å². The predicted molar refractivity (Wildman–Crippen MR) is 92.9 cm³/mol. The second-order valence-electron chi connectivity index (χ2n) is 5.32. The quantitative estimate of drug-likeness (QED) is 0.608. The number of nitrogens with zero attached hydrogens (tertiary/aromatic N) is 2. The third-order valence-corrected chi connectivity index (χ3v) is 3.58. The predicted octanol–water partition coefficient (Wildman–Crippen LogP) is 2.73. The standard InChI is InChI=1S/C19H16N2O5/c1-3-10-24-14-6-4-13(5-7-14)17-11-18(21-26-17)25-15-8-9-16(20-12-15)19(22)23-2/h1,4-9,12,17H,10-11H2,2H3/t17-/m0/s1. The summed E-state index contributed by atoms with van der Waals surface area (Å²) >= 11 is 0. The Morgan fingerprint density at radius 1 is 1.27 bits per heavy atom. The van der Waals surface area contributed by atoms with Gasteiger partial charge < -0.3 is 19.0 Å². The molecule has 1 aliphatic heterocycles. The van der Waals surface area contributed by atoms with E-state index in [0.29, 0.717) is 23.8 Å². The first kappa shape index (κ1) is 17.3. The highest BCUT2D eigenvalue weighted by atomic mass is 16.7. The number of aromatic nitrogens is 1. The Morgan fingerprint density at radius 2 is 2.04 bits per heavy atom. The van der Waals surface area contributed by atoms with Crippen molar-refractivity contribution in [3.8, 4) is 23.8 Å². The minimum atomic E-state index is -0.507. The summed E-state index contributed by atoms with van der Waals surface area (Å²) < 4.78 is 15.6. The van der Waals surface area contributed by atoms with Crippen LogP contribution in [0.15, 0.2) is 47.8 Å². The van der Waals surface area contributed by atoms with Gasteiger partial charge in [-0.3, -0.25) is 0 Å². The Labute approximate surface area is 150 Å². The highest BCUT2D eigenvalue weighted by Gasteiger charge is 2.24. The molecule has 132 valence electrons. The van der Waals surface area contributed by atoms with Crippen LogP contribution in [0.2, 0.25) is 0 Å². The number of ether oxygens (including phenoxy) is 3. The van der Waals surface area contributed by atoms with Crippen molar-refractivity contribution in [2.75, 3.05) is 13.7 Å². The van der Waals surface area contributed by atoms with E-state index < -0.39 is 5.97 Å². The van der Waals surface area contributed by atoms with Crippen molar-refractivity contribution in [3.63, 3.8) is 0 Å². The maximum absolute atomic E-state index is 11.4. The summed E-state index contributed by atoms with van der Waals surface area (Å²) in [5.74, 6) is 3.49. The molecular formula is C19H16N2O5. The maximum Gasteiger partial charge on any atom is 0.356 e. The van der Waals surface area contributed by atoms with Gasteiger partial charge in [0.25, 0.3) is 0 Å². The van der Waals surface area contributed by atoms with Gasteiger partial charge in [0, 0.05) is 0 Å². The lowest BCUT2D eigenvalue weighted by molar-refractivity contribution is 0.0594. The summed E-state index contributed by atoms with van der Waals surface area (Å²) in [7, 11) is 1.30. The van der Waals surface area contributed by atoms with Gasteiger partial charge in [-0.1, -0.05) is 23.2 Å². The van der Waals surface area contributed by atoms with Gasteiger partial charge in [-0.2, -0.15) is 0 Å². The van der Waals surface area contributed by atoms with Crippen LogP contribution in [0.3, 0.4) is 0 Å². The number of terminal acetylenes is 1. The number of hydrogen-bond donors (Lipinski definition) is 0. The second kappa shape index (κ2) is 8.03. The minimum absolute atomic E-state index is 0.203. The van der Waals surface area contributed by atoms with Gasteiger partial charge in [0.05, 0.1) is 19.7 Å². The molecule has 1 aromatic heterocycles. The number of esters is 1. The summed E-state index contributed by atoms with van der Waals surface area (Å²) in [5.41, 5.74) is 1.15. The van der Waals surface area contributed by atoms with E-state index in [1.54, 1.807) is 6.07 Å². The largest absolute Gasteiger partial charge is 0.481 e. The fraction of sp³-hybridized carbons (Fsp3) is 0.211. The molecule has 0 radical (unpaired) electrons. The van der Waals surface area contributed by atoms with Crippen molar-refractivity contribution >= 4 is 11.9 Å². The van der Waals surface area contributed by atoms with Gasteiger partial charge in [0.15, 0.2) is 6.10 Å². The monoisotopic (exact) mass is 352 g/mol. The van der Waals surface area contributed by atoms with Crippen LogP contribution in [-0.4, -0.2) is 30.6 Å². The number of carbonyl (C=O) groups excluding carboxylic acids is 1. The average Bonchev–Trinajstić information content (AvgIpc) is 3.15. The van der Waals surface area contributed by atoms with Crippen LogP contribution in [0.4, 0.5) is 0 Å². The highest BCUT2D eigenvalue weighted by molar-refractivity contribution is 5.87. The van der Waals surface area contributed by atoms with E-state index in [0.717, 1.165) is 5.56 Å². The molecule has 0 N–H and O–H groups in total. The first-order valence-corrected chi connectivity index (χ1v) is 7.80. The Kier molecular flexibility index (Phi) is 5.34. The van der Waals surface area contributed by atoms with Crippen LogP contribution in [0.25, 0.3) is 0 Å². The number of hydrogen-bond acceptors (Lipinski definition) is 7. The van der Waals surface area contributed by atoms with Crippen molar-refractivity contribution < 1.29 is 23.8 Å². The molecule has 26 heavy (non-hydrogen) atoms. The van der Waals surface area contributed by atoms with Crippen LogP contribution in [0.1, 0.15) is 28.6 Å². The summed E-state index contributed by atoms with van der Waals surface area (Å²) in [4.78, 5) is 20.8. The molecule has 1 atom stereocenters. The Morgan fingerprint density at radius 3 is 2.69 bits per heavy atom. The number of pyridine rings is 1. The van der Waals surface area contributed by atoms with Gasteiger partial charge >= 0.3 is 5.97 Å². The molecule has 7 heteroatoms. The first-order chi connectivity index (χ1) is 12.7. The molecule has 0 spiro atoms. The molecule has 0 unspecified atom stereocenters. The number of rotatable bonds is 5. The third-order valence-electron chi connectivity index (χ3n) is 3.58. The van der Waals surface area contributed by atoms with E-state index in [1.165, 1.54) is 19.4 Å². The molecule has 0 saturated heterocycles. The molecule has 0 amide bonds. The van der Waals surface area contributed by atoms with Gasteiger partial charge in [0.2, 0.25) is 5.90 Å². The molecule has 0 saturated carbocycles. The van der Waals surface area contributed by atoms with Crippen molar-refractivity contribution in [2.45, 2.75) is 12.5 Å². The SMILES string of the molecule is C#CCOc1ccc([C@@H]2CC(Oc3ccc(C(=O)OC)nc3)=NO2)cc1. The van der Waals surface area contributed by atoms with E-state index >= 15 is 0 Å². The van der Waals surface area contributed by atoms with Gasteiger partial charge in [-0.25, -0.2) is 9.78 Å². The third kappa shape index (κ3) is 4.11. The number of methoxy groups -OCH3 is 1. The zero-order valence-electron chi connectivity index (χ0n) is 14.0. The zero-order chi connectivity index (χ0) is 18.4. The number of carbonyl (C=O) groups is 1. The van der Waals surface area contributed by atoms with Crippen LogP contribution >= 0.6 is 0 Å². The summed E-state index contributed by atoms with van der Waals surface area (Å²) in [6, 6.07) is 10.6. The lowest BCUT2D eigenvalue weighted by Crippen LogP contribution is -2.09. The molecule has 0 aliphatic carbocycles. The normalized spacial score (nSPS) is 15.4. The second-order valence-corrected chi connectivity index (χ2v) is 5.32. The van der Waals surface area contributed by atoms with E-state index in [9.17, 15) is 4.79 Å². The molecule has 2 aromatic rings. The highest BCUT2D eigenvalue weighted by Crippen LogP contribution is 2.29. The Hall–Kier alpha value is -3.53. The minimum Gasteiger partial charge on any atom is -0.481 e. The molecule has 2 heterocycles. The molecule has 3 rings (SSSR count).